The molecule has 0 aromatic carbocycles. The zero-order valence-electron chi connectivity index (χ0n) is 49.0. The van der Waals surface area contributed by atoms with Gasteiger partial charge in [0.2, 0.25) is 0 Å². The van der Waals surface area contributed by atoms with Gasteiger partial charge in [-0.1, -0.05) is 255 Å². The van der Waals surface area contributed by atoms with Crippen molar-refractivity contribution in [3.8, 4) is 0 Å². The molecule has 0 amide bonds. The molecule has 0 saturated heterocycles. The molecule has 76 heavy (non-hydrogen) atoms. The molecule has 0 saturated carbocycles. The molecule has 0 radical (unpaired) electrons. The van der Waals surface area contributed by atoms with Gasteiger partial charge in [0.15, 0.2) is 6.10 Å². The van der Waals surface area contributed by atoms with Crippen molar-refractivity contribution in [1.29, 1.82) is 0 Å². The van der Waals surface area contributed by atoms with Crippen molar-refractivity contribution in [1.82, 2.24) is 0 Å². The van der Waals surface area contributed by atoms with Crippen LogP contribution in [0.2, 0.25) is 0 Å². The number of phosphoric acid groups is 1. The van der Waals surface area contributed by atoms with E-state index in [0.29, 0.717) is 19.3 Å². The predicted octanol–water partition coefficient (Wildman–Crippen LogP) is 18.7. The van der Waals surface area contributed by atoms with Gasteiger partial charge in [0, 0.05) is 19.3 Å². The summed E-state index contributed by atoms with van der Waals surface area (Å²) in [6.07, 6.45) is 64.6. The van der Waals surface area contributed by atoms with Gasteiger partial charge >= 0.3 is 25.7 Å². The minimum absolute atomic E-state index is 0.165. The van der Waals surface area contributed by atoms with Gasteiger partial charge in [0.05, 0.1) is 19.8 Å². The van der Waals surface area contributed by atoms with Crippen molar-refractivity contribution in [3.63, 3.8) is 0 Å². The highest BCUT2D eigenvalue weighted by Gasteiger charge is 2.28. The molecule has 0 heterocycles. The number of hydrogen-bond donors (Lipinski definition) is 2. The van der Waals surface area contributed by atoms with E-state index in [1.54, 1.807) is 0 Å². The molecule has 3 unspecified atom stereocenters. The molecule has 0 fully saturated rings. The van der Waals surface area contributed by atoms with Crippen LogP contribution in [0.3, 0.4) is 0 Å². The average Bonchev–Trinajstić information content (AvgIpc) is 3.41. The number of rotatable bonds is 58. The molecule has 0 spiro atoms. The molecule has 0 aliphatic heterocycles. The van der Waals surface area contributed by atoms with Crippen molar-refractivity contribution in [2.45, 2.75) is 303 Å². The van der Waals surface area contributed by atoms with Crippen LogP contribution in [-0.2, 0) is 42.2 Å². The topological polar surface area (TPSA) is 155 Å². The lowest BCUT2D eigenvalue weighted by atomic mass is 10.0. The molecule has 0 aromatic rings. The van der Waals surface area contributed by atoms with Crippen LogP contribution in [0.15, 0.2) is 60.8 Å². The van der Waals surface area contributed by atoms with Crippen LogP contribution in [0.25, 0.3) is 0 Å². The molecule has 0 aromatic heterocycles. The molecular weight excluding hydrogens is 976 g/mol. The van der Waals surface area contributed by atoms with E-state index in [4.69, 9.17) is 23.3 Å². The van der Waals surface area contributed by atoms with E-state index in [9.17, 15) is 28.9 Å². The Labute approximate surface area is 465 Å². The van der Waals surface area contributed by atoms with Crippen molar-refractivity contribution >= 4 is 25.7 Å². The van der Waals surface area contributed by atoms with Crippen LogP contribution in [0.4, 0.5) is 0 Å². The smallest absolute Gasteiger partial charge is 0.462 e. The number of aliphatic hydroxyl groups is 1. The number of allylic oxidation sites excluding steroid dienone is 10. The fraction of sp³-hybridized carbons (Fsp3) is 0.797. The van der Waals surface area contributed by atoms with E-state index in [0.717, 1.165) is 116 Å². The van der Waals surface area contributed by atoms with Crippen LogP contribution in [-0.4, -0.2) is 66.5 Å². The Bertz CT molecular complexity index is 1510. The highest BCUT2D eigenvalue weighted by molar-refractivity contribution is 7.47. The monoisotopic (exact) mass is 1090 g/mol. The third-order valence-electron chi connectivity index (χ3n) is 13.4. The summed E-state index contributed by atoms with van der Waals surface area (Å²) in [6.45, 7) is 4.49. The fourth-order valence-corrected chi connectivity index (χ4v) is 9.49. The second kappa shape index (κ2) is 58.3. The number of ether oxygens (including phenoxy) is 3. The Kier molecular flexibility index (Phi) is 56.2. The third kappa shape index (κ3) is 55.9. The van der Waals surface area contributed by atoms with Crippen LogP contribution in [0.5, 0.6) is 0 Å². The van der Waals surface area contributed by atoms with Gasteiger partial charge in [-0.05, 0) is 77.0 Å². The summed E-state index contributed by atoms with van der Waals surface area (Å²) in [6, 6.07) is 0. The number of carbonyl (C=O) groups is 3. The lowest BCUT2D eigenvalue weighted by Gasteiger charge is -2.21. The lowest BCUT2D eigenvalue weighted by Crippen LogP contribution is -2.30. The predicted molar refractivity (Wildman–Crippen MR) is 316 cm³/mol. The molecule has 2 N–H and O–H groups in total. The molecule has 3 atom stereocenters. The Balaban J connectivity index is 4.66. The number of carbonyl (C=O) groups excluding carboxylic acids is 3. The summed E-state index contributed by atoms with van der Waals surface area (Å²) in [5, 5.41) is 9.84. The van der Waals surface area contributed by atoms with Crippen molar-refractivity contribution in [2.75, 3.05) is 26.4 Å². The van der Waals surface area contributed by atoms with Gasteiger partial charge in [-0.25, -0.2) is 4.57 Å². The number of aliphatic hydroxyl groups excluding tert-OH is 1. The molecule has 0 aliphatic rings. The summed E-state index contributed by atoms with van der Waals surface area (Å²) in [7, 11) is -4.75. The Morgan fingerprint density at radius 2 is 0.711 bits per heavy atom. The van der Waals surface area contributed by atoms with Crippen LogP contribution >= 0.6 is 7.82 Å². The number of phosphoric ester groups is 1. The van der Waals surface area contributed by atoms with Gasteiger partial charge in [-0.15, -0.1) is 0 Å². The molecule has 0 rings (SSSR count). The maximum absolute atomic E-state index is 12.9. The van der Waals surface area contributed by atoms with E-state index in [2.05, 4.69) is 81.5 Å². The zero-order valence-corrected chi connectivity index (χ0v) is 49.9. The summed E-state index contributed by atoms with van der Waals surface area (Å²) in [5.74, 6) is -1.47. The average molecular weight is 1090 g/mol. The summed E-state index contributed by atoms with van der Waals surface area (Å²) >= 11 is 0. The Morgan fingerprint density at radius 3 is 1.11 bits per heavy atom. The minimum atomic E-state index is -4.75. The fourth-order valence-electron chi connectivity index (χ4n) is 8.70. The quantitative estimate of drug-likeness (QED) is 0.0197. The van der Waals surface area contributed by atoms with E-state index in [-0.39, 0.29) is 25.9 Å². The van der Waals surface area contributed by atoms with E-state index >= 15 is 0 Å². The van der Waals surface area contributed by atoms with Crippen LogP contribution in [0.1, 0.15) is 290 Å². The van der Waals surface area contributed by atoms with Gasteiger partial charge < -0.3 is 24.2 Å². The first-order valence-corrected chi connectivity index (χ1v) is 32.7. The maximum Gasteiger partial charge on any atom is 0.472 e. The SMILES string of the molecule is CC/C=C\C/C=C\C/C=C\CCCCCCCCCC(=O)OC(CO)COP(=O)(O)OCC(COC(=O)CCCCCCC/C=C\C/C=C\CCC)OC(=O)CCCCCCCCCCCCCCCCCCCCC. The van der Waals surface area contributed by atoms with Gasteiger partial charge in [0.1, 0.15) is 12.7 Å². The standard InChI is InChI=1S/C64H115O11P/c1-4-7-10-13-16-19-22-25-27-29-30-32-34-37-40-43-46-49-52-55-64(68)75-61(57-71-62(66)53-50-47-44-41-38-35-24-21-18-15-12-9-6-3)59-73-76(69,70)72-58-60(56-65)74-63(67)54-51-48-45-42-39-36-33-31-28-26-23-20-17-14-11-8-5-2/h8,11-12,15,17,20-21,24,26,28,60-61,65H,4-7,9-10,13-14,16,18-19,22-23,25,27,29-59H2,1-3H3,(H,69,70)/b11-8-,15-12-,20-17-,24-21-,28-26-. The molecular formula is C64H115O11P. The van der Waals surface area contributed by atoms with Crippen molar-refractivity contribution in [2.24, 2.45) is 0 Å². The zero-order chi connectivity index (χ0) is 55.5. The van der Waals surface area contributed by atoms with Crippen molar-refractivity contribution < 1.29 is 52.2 Å². The Morgan fingerprint density at radius 1 is 0.382 bits per heavy atom. The molecule has 0 bridgehead atoms. The lowest BCUT2D eigenvalue weighted by molar-refractivity contribution is -0.161. The maximum atomic E-state index is 12.9. The largest absolute Gasteiger partial charge is 0.472 e. The summed E-state index contributed by atoms with van der Waals surface area (Å²) in [4.78, 5) is 48.7. The normalized spacial score (nSPS) is 13.7. The molecule has 12 heteroatoms. The van der Waals surface area contributed by atoms with E-state index < -0.39 is 57.8 Å². The summed E-state index contributed by atoms with van der Waals surface area (Å²) in [5.41, 5.74) is 0. The summed E-state index contributed by atoms with van der Waals surface area (Å²) < 4.78 is 39.6. The molecule has 11 nitrogen and oxygen atoms in total. The third-order valence-corrected chi connectivity index (χ3v) is 14.4. The number of unbranched alkanes of at least 4 members (excludes halogenated alkanes) is 31. The first kappa shape index (κ1) is 73.2. The van der Waals surface area contributed by atoms with E-state index in [1.165, 1.54) is 116 Å². The molecule has 0 aliphatic carbocycles. The minimum Gasteiger partial charge on any atom is -0.462 e. The number of esters is 3. The van der Waals surface area contributed by atoms with E-state index in [1.807, 2.05) is 0 Å². The highest BCUT2D eigenvalue weighted by atomic mass is 31.2. The first-order chi connectivity index (χ1) is 37.2. The first-order valence-electron chi connectivity index (χ1n) is 31.2. The van der Waals surface area contributed by atoms with Crippen molar-refractivity contribution in [3.05, 3.63) is 60.8 Å². The highest BCUT2D eigenvalue weighted by Crippen LogP contribution is 2.43. The van der Waals surface area contributed by atoms with Crippen LogP contribution in [0, 0.1) is 0 Å². The second-order valence-electron chi connectivity index (χ2n) is 20.8. The van der Waals surface area contributed by atoms with Gasteiger partial charge in [-0.2, -0.15) is 0 Å². The van der Waals surface area contributed by atoms with Crippen LogP contribution < -0.4 is 0 Å². The van der Waals surface area contributed by atoms with Gasteiger partial charge in [-0.3, -0.25) is 23.4 Å². The Hall–Kier alpha value is -2.82. The van der Waals surface area contributed by atoms with Gasteiger partial charge in [0.25, 0.3) is 0 Å². The number of hydrogen-bond acceptors (Lipinski definition) is 10. The molecule has 442 valence electrons. The second-order valence-corrected chi connectivity index (χ2v) is 22.3.